The van der Waals surface area contributed by atoms with E-state index in [1.807, 2.05) is 10.9 Å². The molecule has 6 atom stereocenters. The molecule has 1 nitrogen and oxygen atoms in total. The van der Waals surface area contributed by atoms with E-state index in [9.17, 15) is 0 Å². The molecule has 258 valence electrons. The van der Waals surface area contributed by atoms with E-state index < -0.39 is 6.51 Å². The topological polar surface area (TPSA) is 3.24 Å². The molecule has 4 saturated carbocycles. The molecule has 0 N–H and O–H groups in total. The van der Waals surface area contributed by atoms with Gasteiger partial charge < -0.3 is 0 Å². The molecule has 1 aromatic rings. The van der Waals surface area contributed by atoms with Gasteiger partial charge in [-0.3, -0.25) is 0 Å². The Hall–Kier alpha value is 0.559. The predicted octanol–water partition coefficient (Wildman–Crippen LogP) is 12.9. The van der Waals surface area contributed by atoms with Gasteiger partial charge in [0.25, 0.3) is 0 Å². The summed E-state index contributed by atoms with van der Waals surface area (Å²) in [6.45, 7) is -3.75. The van der Waals surface area contributed by atoms with Crippen molar-refractivity contribution in [2.75, 3.05) is 14.1 Å². The van der Waals surface area contributed by atoms with Crippen molar-refractivity contribution in [3.05, 3.63) is 29.8 Å². The molecule has 0 bridgehead atoms. The van der Waals surface area contributed by atoms with Crippen molar-refractivity contribution in [1.82, 2.24) is 4.90 Å². The van der Waals surface area contributed by atoms with Crippen LogP contribution in [0.1, 0.15) is 140 Å². The fourth-order valence-electron chi connectivity index (χ4n) is 26.9. The molecule has 47 heavy (non-hydrogen) atoms. The molecule has 14 fully saturated rings. The second-order valence-corrected chi connectivity index (χ2v) is 52.1. The van der Waals surface area contributed by atoms with Crippen LogP contribution in [-0.2, 0) is 6.51 Å². The number of hydrogen-bond donors (Lipinski definition) is 0. The Morgan fingerprint density at radius 3 is 1.45 bits per heavy atom. The van der Waals surface area contributed by atoms with E-state index in [4.69, 9.17) is 0 Å². The molecule has 10 aliphatic heterocycles. The summed E-state index contributed by atoms with van der Waals surface area (Å²) < 4.78 is 1.93. The number of hydrogen-bond acceptors (Lipinski definition) is 1. The zero-order chi connectivity index (χ0) is 30.7. The SMILES string of the molecule is CN(C)[C@H](c1ccccc1P(C1CCCCC1)C1CCCCC1)[C]12[CH]3[CH]4[CH]5[C@@]1(P(C1CCCCC1)C1CCCCC1)[Fe]43521678[CH]2[CH]1[CH]6[CH]7[CH]28. The molecule has 4 unspecified atom stereocenters. The molecule has 1 aromatic carbocycles. The minimum atomic E-state index is -3.75. The second-order valence-electron chi connectivity index (χ2n) is 22.7. The van der Waals surface area contributed by atoms with E-state index in [1.54, 1.807) is 89.9 Å². The number of benzene rings is 1. The monoisotopic (exact) mass is 711 g/mol. The van der Waals surface area contributed by atoms with E-state index >= 15 is 0 Å². The molecule has 0 aromatic heterocycles. The quantitative estimate of drug-likeness (QED) is 0.182. The molecule has 0 radical (unpaired) electrons. The van der Waals surface area contributed by atoms with Gasteiger partial charge in [0.05, 0.1) is 0 Å². The van der Waals surface area contributed by atoms with Crippen molar-refractivity contribution in [3.8, 4) is 0 Å². The number of rotatable bonds is 9. The molecule has 10 heterocycles. The first-order chi connectivity index (χ1) is 22.9. The van der Waals surface area contributed by atoms with Crippen LogP contribution in [0.5, 0.6) is 0 Å². The van der Waals surface area contributed by atoms with Gasteiger partial charge in [-0.2, -0.15) is 0 Å². The van der Waals surface area contributed by atoms with Crippen LogP contribution in [0.2, 0.25) is 42.8 Å². The molecular formula is C43H63FeNP2. The second kappa shape index (κ2) is 5.26. The van der Waals surface area contributed by atoms with Crippen molar-refractivity contribution in [2.24, 2.45) is 0 Å². The van der Waals surface area contributed by atoms with Gasteiger partial charge >= 0.3 is 280 Å². The van der Waals surface area contributed by atoms with Crippen molar-refractivity contribution < 1.29 is 6.51 Å². The Bertz CT molecular complexity index is 1890. The van der Waals surface area contributed by atoms with Crippen molar-refractivity contribution in [3.63, 3.8) is 0 Å². The van der Waals surface area contributed by atoms with Gasteiger partial charge in [-0.05, 0) is 0 Å². The van der Waals surface area contributed by atoms with Crippen molar-refractivity contribution >= 4 is 21.1 Å². The summed E-state index contributed by atoms with van der Waals surface area (Å²) in [5, 5.41) is 2.01. The maximum absolute atomic E-state index is 3.75. The van der Waals surface area contributed by atoms with Crippen molar-refractivity contribution in [2.45, 2.75) is 204 Å². The molecule has 1 spiro atoms. The zero-order valence-electron chi connectivity index (χ0n) is 29.7. The molecule has 15 rings (SSSR count). The molecule has 4 aliphatic carbocycles. The van der Waals surface area contributed by atoms with E-state index in [-0.39, 0.29) is 15.8 Å². The van der Waals surface area contributed by atoms with Gasteiger partial charge in [-0.15, -0.1) is 0 Å². The summed E-state index contributed by atoms with van der Waals surface area (Å²) in [4.78, 5) is 14.4. The first kappa shape index (κ1) is 27.2. The zero-order valence-corrected chi connectivity index (χ0v) is 32.5. The Morgan fingerprint density at radius 1 is 0.574 bits per heavy atom. The van der Waals surface area contributed by atoms with Crippen LogP contribution in [0.3, 0.4) is 0 Å². The van der Waals surface area contributed by atoms with Crippen LogP contribution in [-0.4, -0.2) is 45.7 Å². The normalized spacial score (nSPS) is 62.8. The van der Waals surface area contributed by atoms with E-state index in [1.165, 1.54) is 88.4 Å². The van der Waals surface area contributed by atoms with E-state index in [0.29, 0.717) is 0 Å². The predicted molar refractivity (Wildman–Crippen MR) is 199 cm³/mol. The van der Waals surface area contributed by atoms with Gasteiger partial charge in [-0.25, -0.2) is 0 Å². The maximum atomic E-state index is 3.01. The summed E-state index contributed by atoms with van der Waals surface area (Å²) in [5.41, 5.74) is 6.43. The number of fused-ring (bicyclic) bond motifs is 10. The molecule has 14 aliphatic rings. The van der Waals surface area contributed by atoms with Gasteiger partial charge in [-0.1, -0.05) is 0 Å². The summed E-state index contributed by atoms with van der Waals surface area (Å²) in [7, 11) is 5.47. The third kappa shape index (κ3) is 0.959. The standard InChI is InChI=1S/C38H58NP2.C5H5.Fe/c1-39(2)38(35-27-17-29-37(35)41(32-22-11-5-12-23-32)33-24-13-6-14-25-33)34-26-15-16-28-36(34)40(30-18-7-3-8-19-30)31-20-9-4-10-21-31;1-2-4-5-3-1;/h15-17,26-33,38H,3-14,18-25H2,1-2H3;1-5H;/t38-;;/m1../s1. The molecule has 4 heteroatoms. The van der Waals surface area contributed by atoms with Gasteiger partial charge in [0.2, 0.25) is 0 Å². The van der Waals surface area contributed by atoms with Gasteiger partial charge in [0.15, 0.2) is 0 Å². The summed E-state index contributed by atoms with van der Waals surface area (Å²) in [6.07, 6.45) is 31.5. The van der Waals surface area contributed by atoms with Crippen molar-refractivity contribution in [1.29, 1.82) is 0 Å². The average Bonchev–Trinajstić information content (AvgIpc) is 4.07. The summed E-state index contributed by atoms with van der Waals surface area (Å²) in [5.74, 6) is 0. The average molecular weight is 712 g/mol. The van der Waals surface area contributed by atoms with Crippen LogP contribution in [0.15, 0.2) is 24.3 Å². The Labute approximate surface area is 279 Å². The van der Waals surface area contributed by atoms with Crippen LogP contribution < -0.4 is 5.30 Å². The van der Waals surface area contributed by atoms with Crippen LogP contribution in [0.25, 0.3) is 0 Å². The van der Waals surface area contributed by atoms with Gasteiger partial charge in [0.1, 0.15) is 0 Å². The fourth-order valence-corrected chi connectivity index (χ4v) is 125. The van der Waals surface area contributed by atoms with Crippen LogP contribution in [0, 0.1) is 0 Å². The third-order valence-corrected chi connectivity index (χ3v) is 80.4. The van der Waals surface area contributed by atoms with E-state index in [2.05, 4.69) is 43.3 Å². The Morgan fingerprint density at radius 2 is 1.02 bits per heavy atom. The third-order valence-electron chi connectivity index (χ3n) is 25.6. The Kier molecular flexibility index (Phi) is 3.04. The fraction of sp³-hybridized carbons (Fsp3) is 0.860. The minimum absolute atomic E-state index is 0.0476. The molecule has 0 amide bonds. The van der Waals surface area contributed by atoms with E-state index in [0.717, 1.165) is 25.7 Å². The van der Waals surface area contributed by atoms with Gasteiger partial charge in [0, 0.05) is 0 Å². The molecular weight excluding hydrogens is 648 g/mol. The summed E-state index contributed by atoms with van der Waals surface area (Å²) in [6, 6.07) is 11.6. The number of nitrogens with zero attached hydrogens (tertiary/aromatic N) is 1. The molecule has 10 saturated heterocycles. The van der Waals surface area contributed by atoms with Crippen LogP contribution >= 0.6 is 15.8 Å². The first-order valence-electron chi connectivity index (χ1n) is 21.5. The Balaban J connectivity index is 0.959. The summed E-state index contributed by atoms with van der Waals surface area (Å²) >= 11 is 0. The van der Waals surface area contributed by atoms with Crippen LogP contribution in [0.4, 0.5) is 0 Å². The first-order valence-corrected chi connectivity index (χ1v) is 30.6.